The van der Waals surface area contributed by atoms with Crippen molar-refractivity contribution in [2.75, 3.05) is 0 Å². The predicted octanol–water partition coefficient (Wildman–Crippen LogP) is 3.10. The minimum absolute atomic E-state index is 0.657. The molecule has 0 saturated heterocycles. The van der Waals surface area contributed by atoms with Gasteiger partial charge in [0.25, 0.3) is 0 Å². The Labute approximate surface area is 59.0 Å². The molecule has 54 valence electrons. The van der Waals surface area contributed by atoms with E-state index >= 15 is 0 Å². The maximum Gasteiger partial charge on any atom is -0.0236 e. The molecule has 0 heterocycles. The molecule has 0 rings (SSSR count). The van der Waals surface area contributed by atoms with Crippen molar-refractivity contribution in [1.82, 2.24) is 0 Å². The van der Waals surface area contributed by atoms with Gasteiger partial charge in [-0.2, -0.15) is 0 Å². The summed E-state index contributed by atoms with van der Waals surface area (Å²) in [6, 6.07) is 0. The lowest BCUT2D eigenvalue weighted by Crippen LogP contribution is -2.11. The van der Waals surface area contributed by atoms with E-state index in [0.29, 0.717) is 5.92 Å². The van der Waals surface area contributed by atoms with Crippen LogP contribution in [-0.2, 0) is 0 Å². The molecule has 0 fully saturated rings. The van der Waals surface area contributed by atoms with E-state index in [1.165, 1.54) is 0 Å². The summed E-state index contributed by atoms with van der Waals surface area (Å²) in [7, 11) is 0. The SMILES string of the molecule is C=C[C@@H](C)[C@H](C)C(C)C. The number of allylic oxidation sites excluding steroid dienone is 1. The molecule has 0 saturated carbocycles. The molecule has 0 bridgehead atoms. The van der Waals surface area contributed by atoms with Crippen molar-refractivity contribution in [3.63, 3.8) is 0 Å². The molecule has 0 aliphatic carbocycles. The average Bonchev–Trinajstić information content (AvgIpc) is 1.84. The topological polar surface area (TPSA) is 0 Å². The van der Waals surface area contributed by atoms with Crippen LogP contribution >= 0.6 is 0 Å². The zero-order chi connectivity index (χ0) is 7.44. The molecule has 0 N–H and O–H groups in total. The Morgan fingerprint density at radius 3 is 1.67 bits per heavy atom. The smallest absolute Gasteiger partial charge is 0.0236 e. The maximum absolute atomic E-state index is 3.76. The maximum atomic E-state index is 3.76. The van der Waals surface area contributed by atoms with Gasteiger partial charge in [-0.1, -0.05) is 33.8 Å². The normalized spacial score (nSPS) is 17.4. The molecule has 0 nitrogen and oxygen atoms in total. The van der Waals surface area contributed by atoms with Crippen molar-refractivity contribution < 1.29 is 0 Å². The van der Waals surface area contributed by atoms with Gasteiger partial charge in [0.2, 0.25) is 0 Å². The molecular formula is C9H18. The summed E-state index contributed by atoms with van der Waals surface area (Å²) in [4.78, 5) is 0. The third kappa shape index (κ3) is 2.69. The Bertz CT molecular complexity index is 82.0. The van der Waals surface area contributed by atoms with Gasteiger partial charge in [0.15, 0.2) is 0 Å². The van der Waals surface area contributed by atoms with Gasteiger partial charge in [-0.05, 0) is 17.8 Å². The Morgan fingerprint density at radius 1 is 1.11 bits per heavy atom. The van der Waals surface area contributed by atoms with E-state index in [-0.39, 0.29) is 0 Å². The van der Waals surface area contributed by atoms with Crippen molar-refractivity contribution in [2.24, 2.45) is 17.8 Å². The van der Waals surface area contributed by atoms with Crippen LogP contribution in [0.3, 0.4) is 0 Å². The van der Waals surface area contributed by atoms with Gasteiger partial charge >= 0.3 is 0 Å². The van der Waals surface area contributed by atoms with Crippen LogP contribution in [0.1, 0.15) is 27.7 Å². The van der Waals surface area contributed by atoms with Crippen LogP contribution in [0, 0.1) is 17.8 Å². The molecule has 0 aliphatic heterocycles. The largest absolute Gasteiger partial charge is 0.103 e. The molecule has 0 amide bonds. The van der Waals surface area contributed by atoms with E-state index in [4.69, 9.17) is 0 Å². The summed E-state index contributed by atoms with van der Waals surface area (Å²) in [5.41, 5.74) is 0. The highest BCUT2D eigenvalue weighted by molar-refractivity contribution is 4.80. The van der Waals surface area contributed by atoms with Gasteiger partial charge in [-0.25, -0.2) is 0 Å². The molecule has 0 aromatic carbocycles. The fourth-order valence-electron chi connectivity index (χ4n) is 0.822. The van der Waals surface area contributed by atoms with E-state index in [2.05, 4.69) is 34.3 Å². The van der Waals surface area contributed by atoms with Crippen molar-refractivity contribution in [2.45, 2.75) is 27.7 Å². The Balaban J connectivity index is 3.71. The molecular weight excluding hydrogens is 108 g/mol. The Hall–Kier alpha value is -0.260. The Morgan fingerprint density at radius 2 is 1.56 bits per heavy atom. The molecule has 0 radical (unpaired) electrons. The lowest BCUT2D eigenvalue weighted by atomic mass is 9.86. The summed E-state index contributed by atoms with van der Waals surface area (Å²) >= 11 is 0. The summed E-state index contributed by atoms with van der Waals surface area (Å²) in [5.74, 6) is 2.20. The highest BCUT2D eigenvalue weighted by atomic mass is 14.2. The van der Waals surface area contributed by atoms with Crippen LogP contribution in [0.25, 0.3) is 0 Å². The fourth-order valence-corrected chi connectivity index (χ4v) is 0.822. The molecule has 0 spiro atoms. The minimum Gasteiger partial charge on any atom is -0.103 e. The van der Waals surface area contributed by atoms with Gasteiger partial charge in [0.1, 0.15) is 0 Å². The van der Waals surface area contributed by atoms with Gasteiger partial charge in [0, 0.05) is 0 Å². The van der Waals surface area contributed by atoms with Crippen LogP contribution in [0.5, 0.6) is 0 Å². The van der Waals surface area contributed by atoms with Crippen LogP contribution in [-0.4, -0.2) is 0 Å². The Kier molecular flexibility index (Phi) is 3.60. The van der Waals surface area contributed by atoms with Gasteiger partial charge in [0.05, 0.1) is 0 Å². The second-order valence-electron chi connectivity index (χ2n) is 3.20. The summed E-state index contributed by atoms with van der Waals surface area (Å²) in [6.07, 6.45) is 2.03. The zero-order valence-electron chi connectivity index (χ0n) is 7.02. The molecule has 9 heavy (non-hydrogen) atoms. The van der Waals surface area contributed by atoms with Crippen molar-refractivity contribution in [3.05, 3.63) is 12.7 Å². The second-order valence-corrected chi connectivity index (χ2v) is 3.20. The minimum atomic E-state index is 0.657. The lowest BCUT2D eigenvalue weighted by molar-refractivity contribution is 0.343. The fraction of sp³-hybridized carbons (Fsp3) is 0.778. The summed E-state index contributed by atoms with van der Waals surface area (Å²) < 4.78 is 0. The summed E-state index contributed by atoms with van der Waals surface area (Å²) in [5, 5.41) is 0. The molecule has 0 aromatic rings. The van der Waals surface area contributed by atoms with Crippen molar-refractivity contribution in [3.8, 4) is 0 Å². The number of hydrogen-bond acceptors (Lipinski definition) is 0. The van der Waals surface area contributed by atoms with Gasteiger partial charge in [-0.15, -0.1) is 6.58 Å². The van der Waals surface area contributed by atoms with E-state index in [1.807, 2.05) is 6.08 Å². The van der Waals surface area contributed by atoms with Crippen LogP contribution in [0.15, 0.2) is 12.7 Å². The van der Waals surface area contributed by atoms with E-state index in [0.717, 1.165) is 11.8 Å². The van der Waals surface area contributed by atoms with E-state index in [9.17, 15) is 0 Å². The second kappa shape index (κ2) is 3.71. The number of rotatable bonds is 3. The molecule has 0 aromatic heterocycles. The predicted molar refractivity (Wildman–Crippen MR) is 43.4 cm³/mol. The average molecular weight is 126 g/mol. The first kappa shape index (κ1) is 8.74. The quantitative estimate of drug-likeness (QED) is 0.510. The molecule has 0 unspecified atom stereocenters. The third-order valence-electron chi connectivity index (χ3n) is 2.25. The summed E-state index contributed by atoms with van der Waals surface area (Å²) in [6.45, 7) is 12.8. The third-order valence-corrected chi connectivity index (χ3v) is 2.25. The first-order valence-electron chi connectivity index (χ1n) is 3.72. The highest BCUT2D eigenvalue weighted by Gasteiger charge is 2.11. The van der Waals surface area contributed by atoms with Crippen molar-refractivity contribution in [1.29, 1.82) is 0 Å². The van der Waals surface area contributed by atoms with E-state index in [1.54, 1.807) is 0 Å². The van der Waals surface area contributed by atoms with Crippen LogP contribution in [0.4, 0.5) is 0 Å². The first-order valence-corrected chi connectivity index (χ1v) is 3.72. The van der Waals surface area contributed by atoms with Crippen molar-refractivity contribution >= 4 is 0 Å². The van der Waals surface area contributed by atoms with E-state index < -0.39 is 0 Å². The molecule has 0 aliphatic rings. The van der Waals surface area contributed by atoms with Gasteiger partial charge in [-0.3, -0.25) is 0 Å². The zero-order valence-corrected chi connectivity index (χ0v) is 7.02. The molecule has 0 heteroatoms. The monoisotopic (exact) mass is 126 g/mol. The lowest BCUT2D eigenvalue weighted by Gasteiger charge is -2.19. The molecule has 2 atom stereocenters. The van der Waals surface area contributed by atoms with Crippen LogP contribution < -0.4 is 0 Å². The number of hydrogen-bond donors (Lipinski definition) is 0. The standard InChI is InChI=1S/C9H18/c1-6-8(4)9(5)7(2)3/h6-9H,1H2,2-5H3/t8-,9-/m1/s1. The van der Waals surface area contributed by atoms with Crippen LogP contribution in [0.2, 0.25) is 0 Å². The van der Waals surface area contributed by atoms with Gasteiger partial charge < -0.3 is 0 Å². The highest BCUT2D eigenvalue weighted by Crippen LogP contribution is 2.19. The first-order chi connectivity index (χ1) is 4.09.